The summed E-state index contributed by atoms with van der Waals surface area (Å²) in [6, 6.07) is 16.3. The molecular formula is C25H27I. The van der Waals surface area contributed by atoms with Gasteiger partial charge in [-0.25, -0.2) is 0 Å². The minimum absolute atomic E-state index is 0.113. The van der Waals surface area contributed by atoms with Crippen molar-refractivity contribution < 1.29 is 0 Å². The van der Waals surface area contributed by atoms with Crippen LogP contribution in [0.2, 0.25) is 0 Å². The van der Waals surface area contributed by atoms with Gasteiger partial charge in [-0.15, -0.1) is 0 Å². The number of hydrogen-bond donors (Lipinski definition) is 0. The molecule has 0 heterocycles. The molecule has 0 aromatic heterocycles. The van der Waals surface area contributed by atoms with Gasteiger partial charge in [-0.05, 0) is 65.3 Å². The third-order valence-corrected chi connectivity index (χ3v) is 8.30. The highest BCUT2D eigenvalue weighted by Gasteiger charge is 2.36. The second-order valence-corrected chi connectivity index (χ2v) is 10.8. The maximum absolute atomic E-state index is 2.65. The molecule has 3 aliphatic carbocycles. The van der Waals surface area contributed by atoms with Crippen LogP contribution in [0.25, 0.3) is 11.1 Å². The van der Waals surface area contributed by atoms with E-state index in [0.717, 1.165) is 15.8 Å². The molecule has 5 rings (SSSR count). The maximum Gasteiger partial charge on any atom is 0.0158 e. The summed E-state index contributed by atoms with van der Waals surface area (Å²) < 4.78 is 0.884. The second kappa shape index (κ2) is 6.22. The van der Waals surface area contributed by atoms with Crippen LogP contribution in [0.3, 0.4) is 0 Å². The van der Waals surface area contributed by atoms with Crippen molar-refractivity contribution in [3.8, 4) is 11.1 Å². The average Bonchev–Trinajstić information content (AvgIpc) is 2.89. The van der Waals surface area contributed by atoms with Crippen LogP contribution in [0, 0.1) is 11.8 Å². The van der Waals surface area contributed by atoms with Gasteiger partial charge in [0.25, 0.3) is 0 Å². The van der Waals surface area contributed by atoms with E-state index < -0.39 is 0 Å². The molecule has 2 aromatic carbocycles. The Morgan fingerprint density at radius 2 is 1.69 bits per heavy atom. The van der Waals surface area contributed by atoms with Crippen molar-refractivity contribution in [2.75, 3.05) is 0 Å². The third kappa shape index (κ3) is 2.61. The molecular weight excluding hydrogens is 427 g/mol. The monoisotopic (exact) mass is 454 g/mol. The summed E-state index contributed by atoms with van der Waals surface area (Å²) in [7, 11) is 0. The Kier molecular flexibility index (Phi) is 4.08. The van der Waals surface area contributed by atoms with Gasteiger partial charge < -0.3 is 0 Å². The molecule has 1 fully saturated rings. The zero-order valence-electron chi connectivity index (χ0n) is 15.7. The smallest absolute Gasteiger partial charge is 0.0158 e. The summed E-state index contributed by atoms with van der Waals surface area (Å²) in [6.45, 7) is 4.77. The molecule has 0 radical (unpaired) electrons. The summed E-state index contributed by atoms with van der Waals surface area (Å²) in [5.41, 5.74) is 7.50. The Balaban J connectivity index is 1.50. The molecule has 0 spiro atoms. The number of fused-ring (bicyclic) bond motifs is 4. The molecule has 1 saturated carbocycles. The van der Waals surface area contributed by atoms with Gasteiger partial charge in [0.05, 0.1) is 0 Å². The molecule has 134 valence electrons. The van der Waals surface area contributed by atoms with Crippen molar-refractivity contribution in [1.29, 1.82) is 0 Å². The van der Waals surface area contributed by atoms with Gasteiger partial charge in [0, 0.05) is 15.3 Å². The van der Waals surface area contributed by atoms with Gasteiger partial charge in [0.15, 0.2) is 0 Å². The fraction of sp³-hybridized carbons (Fsp3) is 0.440. The van der Waals surface area contributed by atoms with Crippen LogP contribution in [0.4, 0.5) is 0 Å². The molecule has 0 N–H and O–H groups in total. The summed E-state index contributed by atoms with van der Waals surface area (Å²) in [6.07, 6.45) is 10.6. The molecule has 0 amide bonds. The molecule has 0 bridgehead atoms. The van der Waals surface area contributed by atoms with Crippen LogP contribution < -0.4 is 0 Å². The lowest BCUT2D eigenvalue weighted by Crippen LogP contribution is -2.27. The van der Waals surface area contributed by atoms with Crippen molar-refractivity contribution in [3.05, 3.63) is 71.3 Å². The zero-order valence-corrected chi connectivity index (χ0v) is 17.9. The largest absolute Gasteiger partial charge is 0.0845 e. The lowest BCUT2D eigenvalue weighted by Gasteiger charge is -2.37. The first-order chi connectivity index (χ1) is 12.5. The van der Waals surface area contributed by atoms with E-state index in [9.17, 15) is 0 Å². The number of alkyl halides is 1. The molecule has 1 heteroatoms. The van der Waals surface area contributed by atoms with E-state index in [4.69, 9.17) is 0 Å². The average molecular weight is 454 g/mol. The first-order valence-electron chi connectivity index (χ1n) is 10.1. The highest BCUT2D eigenvalue weighted by molar-refractivity contribution is 14.1. The lowest BCUT2D eigenvalue weighted by molar-refractivity contribution is 0.258. The minimum Gasteiger partial charge on any atom is -0.0845 e. The summed E-state index contributed by atoms with van der Waals surface area (Å²) in [5, 5.41) is 0. The van der Waals surface area contributed by atoms with Crippen LogP contribution in [0.15, 0.2) is 54.6 Å². The summed E-state index contributed by atoms with van der Waals surface area (Å²) in [5.74, 6) is 2.33. The standard InChI is InChI=1S/C25H27I/c1-25(2)23-6-4-3-5-21(23)22-12-10-19(15-24(22)25)16-7-8-18-14-20(26)11-9-17(18)13-16/h3-8,10,12,15-18,20H,9,11,13-14H2,1-2H3/t16-,17?,18?,20-/m0/s1. The van der Waals surface area contributed by atoms with Crippen LogP contribution in [-0.2, 0) is 5.41 Å². The SMILES string of the molecule is CC1(C)c2ccccc2-c2ccc([C@H]3C=CC4C[C@@H](I)CCC4C3)cc21. The van der Waals surface area contributed by atoms with Gasteiger partial charge >= 0.3 is 0 Å². The predicted octanol–water partition coefficient (Wildman–Crippen LogP) is 7.26. The molecule has 3 aliphatic rings. The van der Waals surface area contributed by atoms with E-state index in [2.05, 4.69) is 91.1 Å². The zero-order chi connectivity index (χ0) is 17.9. The highest BCUT2D eigenvalue weighted by atomic mass is 127. The van der Waals surface area contributed by atoms with Crippen LogP contribution in [0.5, 0.6) is 0 Å². The molecule has 2 aromatic rings. The Labute approximate surface area is 171 Å². The number of allylic oxidation sites excluding steroid dienone is 2. The third-order valence-electron chi connectivity index (χ3n) is 7.17. The van der Waals surface area contributed by atoms with Crippen LogP contribution >= 0.6 is 22.6 Å². The van der Waals surface area contributed by atoms with E-state index in [1.165, 1.54) is 53.5 Å². The van der Waals surface area contributed by atoms with E-state index in [1.54, 1.807) is 0 Å². The molecule has 0 aliphatic heterocycles. The van der Waals surface area contributed by atoms with Gasteiger partial charge in [-0.2, -0.15) is 0 Å². The number of hydrogen-bond acceptors (Lipinski definition) is 0. The van der Waals surface area contributed by atoms with E-state index in [0.29, 0.717) is 5.92 Å². The fourth-order valence-electron chi connectivity index (χ4n) is 5.62. The Hall–Kier alpha value is -1.09. The number of halogens is 1. The molecule has 2 unspecified atom stereocenters. The van der Waals surface area contributed by atoms with Gasteiger partial charge in [0.2, 0.25) is 0 Å². The first-order valence-corrected chi connectivity index (χ1v) is 11.4. The van der Waals surface area contributed by atoms with Crippen molar-refractivity contribution in [1.82, 2.24) is 0 Å². The Bertz CT molecular complexity index is 875. The van der Waals surface area contributed by atoms with Gasteiger partial charge in [0.1, 0.15) is 0 Å². The topological polar surface area (TPSA) is 0 Å². The Morgan fingerprint density at radius 1 is 0.885 bits per heavy atom. The highest BCUT2D eigenvalue weighted by Crippen LogP contribution is 2.50. The minimum atomic E-state index is 0.113. The first kappa shape index (κ1) is 17.0. The quantitative estimate of drug-likeness (QED) is 0.242. The molecule has 0 nitrogen and oxygen atoms in total. The lowest BCUT2D eigenvalue weighted by atomic mass is 9.69. The van der Waals surface area contributed by atoms with Gasteiger partial charge in [-0.3, -0.25) is 0 Å². The van der Waals surface area contributed by atoms with E-state index in [1.807, 2.05) is 0 Å². The van der Waals surface area contributed by atoms with Crippen molar-refractivity contribution >= 4 is 22.6 Å². The molecule has 0 saturated heterocycles. The Morgan fingerprint density at radius 3 is 2.58 bits per heavy atom. The van der Waals surface area contributed by atoms with Crippen molar-refractivity contribution in [2.45, 2.75) is 54.8 Å². The maximum atomic E-state index is 2.65. The van der Waals surface area contributed by atoms with E-state index >= 15 is 0 Å². The fourth-order valence-corrected chi connectivity index (χ4v) is 6.57. The molecule has 4 atom stereocenters. The summed E-state index contributed by atoms with van der Waals surface area (Å²) >= 11 is 2.65. The second-order valence-electron chi connectivity index (χ2n) is 9.04. The van der Waals surface area contributed by atoms with E-state index in [-0.39, 0.29) is 5.41 Å². The normalized spacial score (nSPS) is 31.2. The predicted molar refractivity (Wildman–Crippen MR) is 119 cm³/mol. The van der Waals surface area contributed by atoms with Crippen LogP contribution in [0.1, 0.15) is 62.1 Å². The molecule has 26 heavy (non-hydrogen) atoms. The van der Waals surface area contributed by atoms with Crippen molar-refractivity contribution in [3.63, 3.8) is 0 Å². The van der Waals surface area contributed by atoms with Crippen LogP contribution in [-0.4, -0.2) is 3.92 Å². The number of rotatable bonds is 1. The summed E-state index contributed by atoms with van der Waals surface area (Å²) in [4.78, 5) is 0. The van der Waals surface area contributed by atoms with Gasteiger partial charge in [-0.1, -0.05) is 91.1 Å². The van der Waals surface area contributed by atoms with Crippen molar-refractivity contribution in [2.24, 2.45) is 11.8 Å². The number of benzene rings is 2.